The minimum Gasteiger partial charge on any atom is -0.496 e. The third-order valence-corrected chi connectivity index (χ3v) is 2.59. The van der Waals surface area contributed by atoms with Crippen LogP contribution in [-0.4, -0.2) is 18.8 Å². The summed E-state index contributed by atoms with van der Waals surface area (Å²) in [5, 5.41) is 8.90. The third kappa shape index (κ3) is 2.83. The van der Waals surface area contributed by atoms with E-state index in [0.717, 1.165) is 5.56 Å². The first-order valence-electron chi connectivity index (χ1n) is 5.27. The van der Waals surface area contributed by atoms with E-state index in [-0.39, 0.29) is 5.56 Å². The number of ketones is 1. The molecule has 18 heavy (non-hydrogen) atoms. The molecule has 0 fully saturated rings. The maximum atomic E-state index is 13.0. The van der Waals surface area contributed by atoms with E-state index in [2.05, 4.69) is 0 Å². The van der Waals surface area contributed by atoms with Crippen LogP contribution in [0.4, 0.5) is 8.78 Å². The monoisotopic (exact) mass is 253 g/mol. The van der Waals surface area contributed by atoms with Crippen molar-refractivity contribution in [1.29, 1.82) is 5.26 Å². The molecule has 0 aromatic heterocycles. The van der Waals surface area contributed by atoms with E-state index in [0.29, 0.717) is 12.7 Å². The number of methoxy groups -OCH3 is 1. The maximum absolute atomic E-state index is 13.0. The summed E-state index contributed by atoms with van der Waals surface area (Å²) in [6.07, 6.45) is 0. The summed E-state index contributed by atoms with van der Waals surface area (Å²) >= 11 is 0. The number of rotatable bonds is 4. The molecule has 1 aromatic rings. The lowest BCUT2D eigenvalue weighted by atomic mass is 9.92. The highest BCUT2D eigenvalue weighted by Gasteiger charge is 2.39. The number of ether oxygens (including phenoxy) is 1. The number of nitriles is 1. The van der Waals surface area contributed by atoms with Crippen LogP contribution in [-0.2, 0) is 4.79 Å². The molecular weight excluding hydrogens is 240 g/mol. The molecule has 0 aliphatic carbocycles. The second-order valence-electron chi connectivity index (χ2n) is 4.04. The van der Waals surface area contributed by atoms with Crippen LogP contribution in [0.25, 0.3) is 0 Å². The Morgan fingerprint density at radius 3 is 2.56 bits per heavy atom. The first-order valence-corrected chi connectivity index (χ1v) is 5.27. The predicted molar refractivity (Wildman–Crippen MR) is 61.7 cm³/mol. The average Bonchev–Trinajstić information content (AvgIpc) is 2.30. The molecule has 0 radical (unpaired) electrons. The zero-order valence-electron chi connectivity index (χ0n) is 10.3. The van der Waals surface area contributed by atoms with Crippen molar-refractivity contribution in [2.75, 3.05) is 7.11 Å². The van der Waals surface area contributed by atoms with Crippen molar-refractivity contribution < 1.29 is 18.3 Å². The van der Waals surface area contributed by atoms with Gasteiger partial charge in [0, 0.05) is 6.92 Å². The van der Waals surface area contributed by atoms with Crippen LogP contribution in [0.2, 0.25) is 0 Å². The van der Waals surface area contributed by atoms with Gasteiger partial charge in [-0.05, 0) is 24.1 Å². The largest absolute Gasteiger partial charge is 0.496 e. The lowest BCUT2D eigenvalue weighted by molar-refractivity contribution is -0.140. The molecule has 1 rings (SSSR count). The van der Waals surface area contributed by atoms with Crippen molar-refractivity contribution >= 4 is 5.78 Å². The molecule has 1 aromatic carbocycles. The molecular formula is C13H13F2NO2. The number of hydrogen-bond acceptors (Lipinski definition) is 3. The SMILES string of the molecule is COc1cc(C(C#N)C(=O)C(C)(F)F)ccc1C. The molecule has 0 bridgehead atoms. The molecule has 3 nitrogen and oxygen atoms in total. The normalized spacial score (nSPS) is 12.7. The van der Waals surface area contributed by atoms with Gasteiger partial charge in [0.2, 0.25) is 5.78 Å². The fraction of sp³-hybridized carbons (Fsp3) is 0.385. The molecule has 5 heteroatoms. The summed E-state index contributed by atoms with van der Waals surface area (Å²) in [5.41, 5.74) is 1.01. The Morgan fingerprint density at radius 2 is 2.11 bits per heavy atom. The van der Waals surface area contributed by atoms with Crippen molar-refractivity contribution in [3.05, 3.63) is 29.3 Å². The molecule has 0 spiro atoms. The van der Waals surface area contributed by atoms with Gasteiger partial charge >= 0.3 is 5.92 Å². The molecule has 0 aliphatic heterocycles. The van der Waals surface area contributed by atoms with Crippen molar-refractivity contribution in [3.8, 4) is 11.8 Å². The van der Waals surface area contributed by atoms with Crippen molar-refractivity contribution in [2.24, 2.45) is 0 Å². The van der Waals surface area contributed by atoms with E-state index < -0.39 is 17.6 Å². The second-order valence-corrected chi connectivity index (χ2v) is 4.04. The van der Waals surface area contributed by atoms with Crippen molar-refractivity contribution in [1.82, 2.24) is 0 Å². The fourth-order valence-electron chi connectivity index (χ4n) is 1.55. The summed E-state index contributed by atoms with van der Waals surface area (Å²) in [4.78, 5) is 11.5. The molecule has 0 N–H and O–H groups in total. The molecule has 1 unspecified atom stereocenters. The summed E-state index contributed by atoms with van der Waals surface area (Å²) < 4.78 is 31.0. The Kier molecular flexibility index (Phi) is 4.02. The lowest BCUT2D eigenvalue weighted by Gasteiger charge is -2.15. The predicted octanol–water partition coefficient (Wildman–Crippen LogP) is 2.84. The molecule has 0 aliphatic rings. The van der Waals surface area contributed by atoms with Crippen LogP contribution < -0.4 is 4.74 Å². The molecule has 1 atom stereocenters. The Morgan fingerprint density at radius 1 is 1.50 bits per heavy atom. The fourth-order valence-corrected chi connectivity index (χ4v) is 1.55. The van der Waals surface area contributed by atoms with Gasteiger partial charge in [0.1, 0.15) is 11.7 Å². The van der Waals surface area contributed by atoms with Gasteiger partial charge in [0.15, 0.2) is 0 Å². The Bertz CT molecular complexity index is 501. The number of benzene rings is 1. The quantitative estimate of drug-likeness (QED) is 0.829. The number of hydrogen-bond donors (Lipinski definition) is 0. The second kappa shape index (κ2) is 5.13. The molecule has 96 valence electrons. The zero-order chi connectivity index (χ0) is 13.9. The highest BCUT2D eigenvalue weighted by molar-refractivity contribution is 5.93. The van der Waals surface area contributed by atoms with Gasteiger partial charge in [-0.25, -0.2) is 0 Å². The van der Waals surface area contributed by atoms with Crippen LogP contribution in [0.5, 0.6) is 5.75 Å². The van der Waals surface area contributed by atoms with Crippen LogP contribution in [0.1, 0.15) is 24.0 Å². The van der Waals surface area contributed by atoms with Crippen molar-refractivity contribution in [3.63, 3.8) is 0 Å². The highest BCUT2D eigenvalue weighted by Crippen LogP contribution is 2.29. The minimum atomic E-state index is -3.53. The summed E-state index contributed by atoms with van der Waals surface area (Å²) in [7, 11) is 1.43. The number of carbonyl (C=O) groups excluding carboxylic acids is 1. The number of halogens is 2. The Balaban J connectivity index is 3.19. The van der Waals surface area contributed by atoms with Crippen LogP contribution >= 0.6 is 0 Å². The minimum absolute atomic E-state index is 0.214. The Labute approximate surface area is 104 Å². The van der Waals surface area contributed by atoms with Gasteiger partial charge < -0.3 is 4.74 Å². The van der Waals surface area contributed by atoms with Gasteiger partial charge in [-0.2, -0.15) is 14.0 Å². The van der Waals surface area contributed by atoms with E-state index in [1.54, 1.807) is 19.1 Å². The molecule has 0 saturated carbocycles. The lowest BCUT2D eigenvalue weighted by Crippen LogP contribution is -2.29. The van der Waals surface area contributed by atoms with E-state index in [4.69, 9.17) is 10.00 Å². The Hall–Kier alpha value is -1.96. The number of alkyl halides is 2. The first kappa shape index (κ1) is 14.1. The number of nitrogens with zero attached hydrogens (tertiary/aromatic N) is 1. The summed E-state index contributed by atoms with van der Waals surface area (Å²) in [6.45, 7) is 2.27. The van der Waals surface area contributed by atoms with Gasteiger partial charge in [0.05, 0.1) is 13.2 Å². The summed E-state index contributed by atoms with van der Waals surface area (Å²) in [6, 6.07) is 6.15. The topological polar surface area (TPSA) is 50.1 Å². The zero-order valence-corrected chi connectivity index (χ0v) is 10.3. The van der Waals surface area contributed by atoms with Gasteiger partial charge in [-0.15, -0.1) is 0 Å². The van der Waals surface area contributed by atoms with Gasteiger partial charge in [0.25, 0.3) is 0 Å². The van der Waals surface area contributed by atoms with Crippen LogP contribution in [0, 0.1) is 18.3 Å². The highest BCUT2D eigenvalue weighted by atomic mass is 19.3. The number of Topliss-reactive ketones (excluding diaryl/α,β-unsaturated/α-hetero) is 1. The van der Waals surface area contributed by atoms with Gasteiger partial charge in [-0.1, -0.05) is 12.1 Å². The number of carbonyl (C=O) groups is 1. The first-order chi connectivity index (χ1) is 8.31. The average molecular weight is 253 g/mol. The number of aryl methyl sites for hydroxylation is 1. The van der Waals surface area contributed by atoms with E-state index >= 15 is 0 Å². The third-order valence-electron chi connectivity index (χ3n) is 2.59. The van der Waals surface area contributed by atoms with E-state index in [1.165, 1.54) is 19.2 Å². The molecule has 0 heterocycles. The van der Waals surface area contributed by atoms with Crippen LogP contribution in [0.3, 0.4) is 0 Å². The van der Waals surface area contributed by atoms with Crippen molar-refractivity contribution in [2.45, 2.75) is 25.7 Å². The molecule has 0 amide bonds. The smallest absolute Gasteiger partial charge is 0.304 e. The van der Waals surface area contributed by atoms with E-state index in [1.807, 2.05) is 0 Å². The summed E-state index contributed by atoms with van der Waals surface area (Å²) in [5.74, 6) is -5.96. The van der Waals surface area contributed by atoms with E-state index in [9.17, 15) is 13.6 Å². The molecule has 0 saturated heterocycles. The standard InChI is InChI=1S/C13H13F2NO2/c1-8-4-5-9(6-11(8)18-3)10(7-16)12(17)13(2,14)15/h4-6,10H,1-3H3. The van der Waals surface area contributed by atoms with Crippen LogP contribution in [0.15, 0.2) is 18.2 Å². The van der Waals surface area contributed by atoms with Gasteiger partial charge in [-0.3, -0.25) is 4.79 Å². The maximum Gasteiger partial charge on any atom is 0.304 e.